The molecular weight excluding hydrogens is 458 g/mol. The van der Waals surface area contributed by atoms with Gasteiger partial charge in [0.1, 0.15) is 18.0 Å². The maximum Gasteiger partial charge on any atom is 0.291 e. The summed E-state index contributed by atoms with van der Waals surface area (Å²) >= 11 is 0. The smallest absolute Gasteiger partial charge is 0.291 e. The highest BCUT2D eigenvalue weighted by atomic mass is 16.5. The molecule has 2 aromatic carbocycles. The maximum atomic E-state index is 13.9. The lowest BCUT2D eigenvalue weighted by Gasteiger charge is -2.25. The van der Waals surface area contributed by atoms with Crippen LogP contribution in [-0.4, -0.2) is 24.0 Å². The van der Waals surface area contributed by atoms with Crippen molar-refractivity contribution in [3.63, 3.8) is 0 Å². The van der Waals surface area contributed by atoms with Crippen LogP contribution in [0.3, 0.4) is 0 Å². The molecule has 2 aromatic heterocycles. The Labute approximate surface area is 208 Å². The van der Waals surface area contributed by atoms with E-state index in [0.29, 0.717) is 52.6 Å². The van der Waals surface area contributed by atoms with Crippen LogP contribution in [0.2, 0.25) is 0 Å². The topological polar surface area (TPSA) is 82.1 Å². The van der Waals surface area contributed by atoms with Crippen molar-refractivity contribution in [3.05, 3.63) is 105 Å². The van der Waals surface area contributed by atoms with Gasteiger partial charge in [0, 0.05) is 0 Å². The van der Waals surface area contributed by atoms with E-state index in [-0.39, 0.29) is 23.6 Å². The number of carbonyl (C=O) groups excluding carboxylic acids is 1. The number of rotatable bonds is 8. The van der Waals surface area contributed by atoms with Crippen LogP contribution in [-0.2, 0) is 6.54 Å². The van der Waals surface area contributed by atoms with Crippen LogP contribution in [0, 0.1) is 13.8 Å². The van der Waals surface area contributed by atoms with Gasteiger partial charge in [-0.25, -0.2) is 0 Å². The molecular formula is C29H27NO6. The first-order chi connectivity index (χ1) is 17.4. The molecule has 1 unspecified atom stereocenters. The molecule has 0 aliphatic carbocycles. The number of benzene rings is 2. The number of amides is 1. The normalized spacial score (nSPS) is 14.8. The fraction of sp³-hybridized carbons (Fsp3) is 0.241. The summed E-state index contributed by atoms with van der Waals surface area (Å²) in [5.41, 5.74) is 2.98. The van der Waals surface area contributed by atoms with E-state index < -0.39 is 6.04 Å². The third kappa shape index (κ3) is 3.96. The van der Waals surface area contributed by atoms with Gasteiger partial charge >= 0.3 is 0 Å². The molecule has 184 valence electrons. The van der Waals surface area contributed by atoms with Crippen molar-refractivity contribution in [2.75, 3.05) is 13.2 Å². The zero-order valence-electron chi connectivity index (χ0n) is 20.5. The van der Waals surface area contributed by atoms with Crippen molar-refractivity contribution >= 4 is 16.9 Å². The molecule has 36 heavy (non-hydrogen) atoms. The summed E-state index contributed by atoms with van der Waals surface area (Å²) < 4.78 is 23.3. The number of furan rings is 1. The standard InChI is InChI=1S/C29H27NO6/c1-5-11-35-22-10-9-19(15-23(22)33-6-2)25-24-26(31)21-14-17(3)13-18(4)27(21)36-28(24)29(32)30(25)16-20-8-7-12-34-20/h5,7-10,12-15,25H,1,6,11,16H2,2-4H3. The molecule has 1 aliphatic rings. The summed E-state index contributed by atoms with van der Waals surface area (Å²) in [6, 6.07) is 12.1. The van der Waals surface area contributed by atoms with Gasteiger partial charge in [0.25, 0.3) is 5.91 Å². The molecule has 0 N–H and O–H groups in total. The second-order valence-electron chi connectivity index (χ2n) is 8.79. The first-order valence-electron chi connectivity index (χ1n) is 11.8. The van der Waals surface area contributed by atoms with E-state index in [4.69, 9.17) is 18.3 Å². The first kappa shape index (κ1) is 23.5. The predicted molar refractivity (Wildman–Crippen MR) is 136 cm³/mol. The van der Waals surface area contributed by atoms with Crippen LogP contribution >= 0.6 is 0 Å². The van der Waals surface area contributed by atoms with Gasteiger partial charge in [-0.1, -0.05) is 24.8 Å². The van der Waals surface area contributed by atoms with E-state index in [1.165, 1.54) is 0 Å². The van der Waals surface area contributed by atoms with Crippen LogP contribution in [0.5, 0.6) is 11.5 Å². The highest BCUT2D eigenvalue weighted by molar-refractivity contribution is 5.99. The van der Waals surface area contributed by atoms with Crippen molar-refractivity contribution < 1.29 is 23.1 Å². The molecule has 7 heteroatoms. The van der Waals surface area contributed by atoms with Gasteiger partial charge < -0.3 is 23.2 Å². The molecule has 1 atom stereocenters. The number of hydrogen-bond acceptors (Lipinski definition) is 6. The SMILES string of the molecule is C=CCOc1ccc(C2c3c(oc4c(C)cc(C)cc4c3=O)C(=O)N2Cc2ccco2)cc1OCC. The van der Waals surface area contributed by atoms with Gasteiger partial charge in [0.15, 0.2) is 16.9 Å². The lowest BCUT2D eigenvalue weighted by Crippen LogP contribution is -2.29. The minimum absolute atomic E-state index is 0.0564. The van der Waals surface area contributed by atoms with Crippen molar-refractivity contribution in [1.29, 1.82) is 0 Å². The summed E-state index contributed by atoms with van der Waals surface area (Å²) in [6.45, 7) is 10.3. The van der Waals surface area contributed by atoms with E-state index in [0.717, 1.165) is 11.1 Å². The highest BCUT2D eigenvalue weighted by Gasteiger charge is 2.43. The van der Waals surface area contributed by atoms with Crippen molar-refractivity contribution in [2.24, 2.45) is 0 Å². The van der Waals surface area contributed by atoms with Gasteiger partial charge in [-0.15, -0.1) is 0 Å². The van der Waals surface area contributed by atoms with E-state index in [1.54, 1.807) is 35.4 Å². The Morgan fingerprint density at radius 2 is 1.92 bits per heavy atom. The zero-order chi connectivity index (χ0) is 25.4. The van der Waals surface area contributed by atoms with E-state index >= 15 is 0 Å². The van der Waals surface area contributed by atoms with Crippen LogP contribution < -0.4 is 14.9 Å². The lowest BCUT2D eigenvalue weighted by atomic mass is 9.97. The number of carbonyl (C=O) groups is 1. The Kier molecular flexibility index (Phi) is 6.14. The van der Waals surface area contributed by atoms with Gasteiger partial charge in [0.05, 0.1) is 36.4 Å². The average molecular weight is 486 g/mol. The van der Waals surface area contributed by atoms with Crippen molar-refractivity contribution in [2.45, 2.75) is 33.4 Å². The molecule has 3 heterocycles. The second-order valence-corrected chi connectivity index (χ2v) is 8.79. The molecule has 0 radical (unpaired) electrons. The summed E-state index contributed by atoms with van der Waals surface area (Å²) in [6.07, 6.45) is 3.21. The van der Waals surface area contributed by atoms with Crippen molar-refractivity contribution in [3.8, 4) is 11.5 Å². The summed E-state index contributed by atoms with van der Waals surface area (Å²) in [5, 5.41) is 0.458. The number of fused-ring (bicyclic) bond motifs is 2. The average Bonchev–Trinajstić information content (AvgIpc) is 3.46. The fourth-order valence-corrected chi connectivity index (χ4v) is 4.79. The minimum atomic E-state index is -0.688. The van der Waals surface area contributed by atoms with Crippen LogP contribution in [0.25, 0.3) is 11.0 Å². The summed E-state index contributed by atoms with van der Waals surface area (Å²) in [4.78, 5) is 29.2. The largest absolute Gasteiger partial charge is 0.490 e. The Balaban J connectivity index is 1.72. The van der Waals surface area contributed by atoms with Crippen molar-refractivity contribution in [1.82, 2.24) is 4.90 Å². The Hall–Kier alpha value is -4.26. The Morgan fingerprint density at radius 3 is 2.64 bits per heavy atom. The molecule has 0 saturated heterocycles. The quantitative estimate of drug-likeness (QED) is 0.297. The van der Waals surface area contributed by atoms with E-state index in [1.807, 2.05) is 45.0 Å². The molecule has 0 fully saturated rings. The van der Waals surface area contributed by atoms with Crippen LogP contribution in [0.1, 0.15) is 51.5 Å². The van der Waals surface area contributed by atoms with Gasteiger partial charge in [-0.3, -0.25) is 9.59 Å². The Morgan fingerprint density at radius 1 is 1.08 bits per heavy atom. The molecule has 0 spiro atoms. The molecule has 1 amide bonds. The fourth-order valence-electron chi connectivity index (χ4n) is 4.79. The summed E-state index contributed by atoms with van der Waals surface area (Å²) in [5.74, 6) is 1.37. The van der Waals surface area contributed by atoms with Gasteiger partial charge in [-0.2, -0.15) is 0 Å². The molecule has 5 rings (SSSR count). The lowest BCUT2D eigenvalue weighted by molar-refractivity contribution is 0.0701. The van der Waals surface area contributed by atoms with Crippen LogP contribution in [0.15, 0.2) is 75.0 Å². The maximum absolute atomic E-state index is 13.9. The first-order valence-corrected chi connectivity index (χ1v) is 11.8. The molecule has 0 bridgehead atoms. The predicted octanol–water partition coefficient (Wildman–Crippen LogP) is 5.71. The summed E-state index contributed by atoms with van der Waals surface area (Å²) in [7, 11) is 0. The van der Waals surface area contributed by atoms with E-state index in [9.17, 15) is 9.59 Å². The van der Waals surface area contributed by atoms with Crippen LogP contribution in [0.4, 0.5) is 0 Å². The molecule has 0 saturated carbocycles. The molecule has 7 nitrogen and oxygen atoms in total. The Bertz CT molecular complexity index is 1520. The van der Waals surface area contributed by atoms with Gasteiger partial charge in [-0.05, 0) is 67.8 Å². The molecule has 4 aromatic rings. The number of aryl methyl sites for hydroxylation is 2. The highest BCUT2D eigenvalue weighted by Crippen LogP contribution is 2.42. The number of ether oxygens (including phenoxy) is 2. The number of hydrogen-bond donors (Lipinski definition) is 0. The van der Waals surface area contributed by atoms with Gasteiger partial charge in [0.2, 0.25) is 5.76 Å². The zero-order valence-corrected chi connectivity index (χ0v) is 20.5. The molecule has 1 aliphatic heterocycles. The van der Waals surface area contributed by atoms with E-state index in [2.05, 4.69) is 6.58 Å². The minimum Gasteiger partial charge on any atom is -0.490 e. The third-order valence-electron chi connectivity index (χ3n) is 6.24. The monoisotopic (exact) mass is 485 g/mol. The second kappa shape index (κ2) is 9.41. The third-order valence-corrected chi connectivity index (χ3v) is 6.24. The number of nitrogens with zero attached hydrogens (tertiary/aromatic N) is 1.